The minimum absolute atomic E-state index is 0.0138. The Kier molecular flexibility index (Phi) is 4.02. The van der Waals surface area contributed by atoms with Crippen molar-refractivity contribution in [2.24, 2.45) is 10.7 Å². The lowest BCUT2D eigenvalue weighted by Gasteiger charge is -2.26. The number of aliphatic imine (C=N–C) groups is 1. The lowest BCUT2D eigenvalue weighted by molar-refractivity contribution is 0.601. The maximum absolute atomic E-state index is 6.31. The topological polar surface area (TPSA) is 50.4 Å². The van der Waals surface area contributed by atoms with Crippen LogP contribution in [0.1, 0.15) is 29.7 Å². The van der Waals surface area contributed by atoms with E-state index in [1.165, 1.54) is 16.7 Å². The first-order chi connectivity index (χ1) is 10.3. The highest BCUT2D eigenvalue weighted by atomic mass is 15.0. The Morgan fingerprint density at radius 3 is 2.81 bits per heavy atom. The molecule has 1 heterocycles. The Bertz CT molecular complexity index is 661. The summed E-state index contributed by atoms with van der Waals surface area (Å²) in [6.45, 7) is 3.08. The molecule has 21 heavy (non-hydrogen) atoms. The number of nitrogens with zero attached hydrogens (tertiary/aromatic N) is 1. The second-order valence-electron chi connectivity index (χ2n) is 5.35. The largest absolute Gasteiger partial charge is 0.386 e. The first-order valence-electron chi connectivity index (χ1n) is 7.52. The summed E-state index contributed by atoms with van der Waals surface area (Å²) in [6.07, 6.45) is 2.01. The number of amidine groups is 1. The van der Waals surface area contributed by atoms with E-state index in [2.05, 4.69) is 47.6 Å². The molecule has 2 aromatic rings. The van der Waals surface area contributed by atoms with Gasteiger partial charge in [-0.1, -0.05) is 49.4 Å². The smallest absolute Gasteiger partial charge is 0.121 e. The van der Waals surface area contributed by atoms with Crippen molar-refractivity contribution >= 4 is 11.5 Å². The molecule has 1 aliphatic rings. The fourth-order valence-electron chi connectivity index (χ4n) is 2.89. The molecule has 2 aromatic carbocycles. The molecule has 108 valence electrons. The van der Waals surface area contributed by atoms with Gasteiger partial charge >= 0.3 is 0 Å². The Morgan fingerprint density at radius 2 is 1.95 bits per heavy atom. The summed E-state index contributed by atoms with van der Waals surface area (Å²) < 4.78 is 0. The third-order valence-corrected chi connectivity index (χ3v) is 4.03. The number of para-hydroxylation sites is 1. The SMILES string of the molecule is CCc1ccccc1N=C(N)C1NCCc2ccccc21. The van der Waals surface area contributed by atoms with Crippen LogP contribution in [0, 0.1) is 0 Å². The molecule has 1 atom stereocenters. The molecule has 0 aromatic heterocycles. The lowest BCUT2D eigenvalue weighted by Crippen LogP contribution is -2.38. The van der Waals surface area contributed by atoms with Crippen molar-refractivity contribution in [3.63, 3.8) is 0 Å². The van der Waals surface area contributed by atoms with Crippen LogP contribution in [0.25, 0.3) is 0 Å². The molecule has 1 aliphatic heterocycles. The van der Waals surface area contributed by atoms with Gasteiger partial charge in [0.05, 0.1) is 11.7 Å². The molecule has 3 nitrogen and oxygen atoms in total. The van der Waals surface area contributed by atoms with Crippen molar-refractivity contribution in [1.29, 1.82) is 0 Å². The first kappa shape index (κ1) is 13.8. The minimum Gasteiger partial charge on any atom is -0.386 e. The number of aryl methyl sites for hydroxylation is 1. The highest BCUT2D eigenvalue weighted by molar-refractivity contribution is 5.90. The fourth-order valence-corrected chi connectivity index (χ4v) is 2.89. The lowest BCUT2D eigenvalue weighted by atomic mass is 9.94. The number of nitrogens with one attached hydrogen (secondary N) is 1. The summed E-state index contributed by atoms with van der Waals surface area (Å²) in [4.78, 5) is 4.68. The van der Waals surface area contributed by atoms with Crippen molar-refractivity contribution < 1.29 is 0 Å². The zero-order valence-electron chi connectivity index (χ0n) is 12.3. The summed E-state index contributed by atoms with van der Waals surface area (Å²) in [6, 6.07) is 16.7. The normalized spacial score (nSPS) is 18.3. The standard InChI is InChI=1S/C18H21N3/c1-2-13-7-4-6-10-16(13)21-18(19)17-15-9-5-3-8-14(15)11-12-20-17/h3-10,17,20H,2,11-12H2,1H3,(H2,19,21). The third-order valence-electron chi connectivity index (χ3n) is 4.03. The molecule has 3 heteroatoms. The van der Waals surface area contributed by atoms with Gasteiger partial charge in [0.25, 0.3) is 0 Å². The summed E-state index contributed by atoms with van der Waals surface area (Å²) in [5.74, 6) is 0.642. The van der Waals surface area contributed by atoms with E-state index in [0.717, 1.165) is 25.1 Å². The van der Waals surface area contributed by atoms with Gasteiger partial charge in [-0.25, -0.2) is 4.99 Å². The highest BCUT2D eigenvalue weighted by Gasteiger charge is 2.22. The maximum Gasteiger partial charge on any atom is 0.121 e. The van der Waals surface area contributed by atoms with E-state index in [0.29, 0.717) is 5.84 Å². The van der Waals surface area contributed by atoms with Gasteiger partial charge in [0.2, 0.25) is 0 Å². The van der Waals surface area contributed by atoms with Crippen LogP contribution in [0.15, 0.2) is 53.5 Å². The first-order valence-corrected chi connectivity index (χ1v) is 7.52. The number of hydrogen-bond acceptors (Lipinski definition) is 2. The summed E-state index contributed by atoms with van der Waals surface area (Å²) in [5.41, 5.74) is 11.1. The van der Waals surface area contributed by atoms with Gasteiger partial charge in [0.15, 0.2) is 0 Å². The van der Waals surface area contributed by atoms with Crippen LogP contribution in [0.3, 0.4) is 0 Å². The molecular formula is C18H21N3. The molecule has 1 unspecified atom stereocenters. The Morgan fingerprint density at radius 1 is 1.19 bits per heavy atom. The number of benzene rings is 2. The number of nitrogens with two attached hydrogens (primary N) is 1. The molecule has 0 amide bonds. The summed E-state index contributed by atoms with van der Waals surface area (Å²) >= 11 is 0. The molecule has 0 fully saturated rings. The molecule has 0 radical (unpaired) electrons. The van der Waals surface area contributed by atoms with E-state index in [1.54, 1.807) is 0 Å². The van der Waals surface area contributed by atoms with Gasteiger partial charge in [-0.2, -0.15) is 0 Å². The Balaban J connectivity index is 1.96. The van der Waals surface area contributed by atoms with Gasteiger partial charge in [0, 0.05) is 6.54 Å². The van der Waals surface area contributed by atoms with E-state index >= 15 is 0 Å². The van der Waals surface area contributed by atoms with Crippen LogP contribution >= 0.6 is 0 Å². The van der Waals surface area contributed by atoms with E-state index in [-0.39, 0.29) is 6.04 Å². The fraction of sp³-hybridized carbons (Fsp3) is 0.278. The minimum atomic E-state index is 0.0138. The Hall–Kier alpha value is -2.13. The zero-order valence-corrected chi connectivity index (χ0v) is 12.3. The predicted octanol–water partition coefficient (Wildman–Crippen LogP) is 3.12. The maximum atomic E-state index is 6.31. The quantitative estimate of drug-likeness (QED) is 0.670. The highest BCUT2D eigenvalue weighted by Crippen LogP contribution is 2.25. The van der Waals surface area contributed by atoms with Crippen LogP contribution < -0.4 is 11.1 Å². The number of hydrogen-bond donors (Lipinski definition) is 2. The van der Waals surface area contributed by atoms with Crippen molar-refractivity contribution in [2.75, 3.05) is 6.54 Å². The average molecular weight is 279 g/mol. The van der Waals surface area contributed by atoms with Gasteiger partial charge in [-0.05, 0) is 35.6 Å². The van der Waals surface area contributed by atoms with Crippen LogP contribution in [-0.4, -0.2) is 12.4 Å². The second kappa shape index (κ2) is 6.10. The second-order valence-corrected chi connectivity index (χ2v) is 5.35. The zero-order chi connectivity index (χ0) is 14.7. The third kappa shape index (κ3) is 2.83. The van der Waals surface area contributed by atoms with Gasteiger partial charge in [0.1, 0.15) is 5.84 Å². The van der Waals surface area contributed by atoms with Crippen molar-refractivity contribution in [1.82, 2.24) is 5.32 Å². The average Bonchev–Trinajstić information content (AvgIpc) is 2.54. The summed E-state index contributed by atoms with van der Waals surface area (Å²) in [7, 11) is 0. The molecule has 0 saturated carbocycles. The van der Waals surface area contributed by atoms with Crippen molar-refractivity contribution in [2.45, 2.75) is 25.8 Å². The molecule has 0 spiro atoms. The van der Waals surface area contributed by atoms with Gasteiger partial charge < -0.3 is 11.1 Å². The molecule has 0 aliphatic carbocycles. The monoisotopic (exact) mass is 279 g/mol. The number of rotatable bonds is 3. The number of fused-ring (bicyclic) bond motifs is 1. The van der Waals surface area contributed by atoms with E-state index in [9.17, 15) is 0 Å². The molecule has 3 rings (SSSR count). The van der Waals surface area contributed by atoms with Crippen molar-refractivity contribution in [3.05, 3.63) is 65.2 Å². The summed E-state index contributed by atoms with van der Waals surface area (Å²) in [5, 5.41) is 3.48. The van der Waals surface area contributed by atoms with Gasteiger partial charge in [-0.3, -0.25) is 0 Å². The van der Waals surface area contributed by atoms with Crippen LogP contribution in [-0.2, 0) is 12.8 Å². The van der Waals surface area contributed by atoms with Crippen LogP contribution in [0.2, 0.25) is 0 Å². The Labute approximate surface area is 125 Å². The molecule has 3 N–H and O–H groups in total. The van der Waals surface area contributed by atoms with E-state index < -0.39 is 0 Å². The van der Waals surface area contributed by atoms with E-state index in [4.69, 9.17) is 5.73 Å². The molecule has 0 bridgehead atoms. The molecular weight excluding hydrogens is 258 g/mol. The van der Waals surface area contributed by atoms with Gasteiger partial charge in [-0.15, -0.1) is 0 Å². The molecule has 0 saturated heterocycles. The van der Waals surface area contributed by atoms with Crippen LogP contribution in [0.5, 0.6) is 0 Å². The predicted molar refractivity (Wildman–Crippen MR) is 88.0 cm³/mol. The van der Waals surface area contributed by atoms with Crippen molar-refractivity contribution in [3.8, 4) is 0 Å². The van der Waals surface area contributed by atoms with E-state index in [1.807, 2.05) is 18.2 Å². The van der Waals surface area contributed by atoms with Crippen LogP contribution in [0.4, 0.5) is 5.69 Å².